The third kappa shape index (κ3) is 3.88. The molecule has 0 amide bonds. The Morgan fingerprint density at radius 2 is 2.03 bits per heavy atom. The number of guanidine groups is 1. The highest BCUT2D eigenvalue weighted by Crippen LogP contribution is 2.60. The zero-order valence-corrected chi connectivity index (χ0v) is 21.1. The maximum absolute atomic E-state index is 6.13. The highest BCUT2D eigenvalue weighted by Gasteiger charge is 2.65. The fraction of sp³-hybridized carbons (Fsp3) is 0.583. The lowest BCUT2D eigenvalue weighted by molar-refractivity contribution is -0.125. The van der Waals surface area contributed by atoms with Crippen LogP contribution in [0, 0.1) is 25.2 Å². The van der Waals surface area contributed by atoms with Crippen LogP contribution in [0.3, 0.4) is 0 Å². The lowest BCUT2D eigenvalue weighted by Gasteiger charge is -2.57. The number of halogens is 1. The number of aliphatic imine (C=N–C) groups is 1. The van der Waals surface area contributed by atoms with Crippen LogP contribution in [0.2, 0.25) is 0 Å². The number of hydrogen-bond acceptors (Lipinski definition) is 3. The third-order valence-corrected chi connectivity index (χ3v) is 7.48. The predicted octanol–water partition coefficient (Wildman–Crippen LogP) is 4.12. The zero-order valence-electron chi connectivity index (χ0n) is 18.7. The molecule has 2 aromatic rings. The first-order chi connectivity index (χ1) is 14.6. The molecule has 1 aromatic heterocycles. The summed E-state index contributed by atoms with van der Waals surface area (Å²) < 4.78 is 8.16. The van der Waals surface area contributed by atoms with E-state index < -0.39 is 0 Å². The zero-order chi connectivity index (χ0) is 20.7. The van der Waals surface area contributed by atoms with Crippen molar-refractivity contribution < 1.29 is 4.74 Å². The van der Waals surface area contributed by atoms with Crippen LogP contribution in [0.5, 0.6) is 0 Å². The van der Waals surface area contributed by atoms with Gasteiger partial charge in [0.25, 0.3) is 0 Å². The Kier molecular flexibility index (Phi) is 6.62. The first kappa shape index (κ1) is 22.6. The average Bonchev–Trinajstić information content (AvgIpc) is 3.47. The Balaban J connectivity index is 0.00000231. The quantitative estimate of drug-likeness (QED) is 0.352. The fourth-order valence-corrected chi connectivity index (χ4v) is 6.16. The van der Waals surface area contributed by atoms with Crippen LogP contribution in [-0.2, 0) is 11.3 Å². The van der Waals surface area contributed by atoms with Crippen LogP contribution < -0.4 is 10.6 Å². The maximum Gasteiger partial charge on any atom is 0.191 e. The van der Waals surface area contributed by atoms with E-state index in [0.717, 1.165) is 29.6 Å². The van der Waals surface area contributed by atoms with Gasteiger partial charge in [-0.25, -0.2) is 4.68 Å². The number of aryl methyl sites for hydroxylation is 2. The fourth-order valence-electron chi connectivity index (χ4n) is 6.16. The molecule has 3 aliphatic rings. The van der Waals surface area contributed by atoms with E-state index >= 15 is 0 Å². The maximum atomic E-state index is 6.13. The molecule has 31 heavy (non-hydrogen) atoms. The SMILES string of the molecule is CN=C(NCc1ccccc1-n1nc(C)cc1C)NC1C2CCOC2C12CCCC2.I. The second-order valence-corrected chi connectivity index (χ2v) is 9.20. The van der Waals surface area contributed by atoms with Gasteiger partial charge in [0.2, 0.25) is 0 Å². The van der Waals surface area contributed by atoms with Gasteiger partial charge in [0.05, 0.1) is 17.5 Å². The molecule has 168 valence electrons. The first-order valence-corrected chi connectivity index (χ1v) is 11.3. The molecule has 3 fully saturated rings. The highest BCUT2D eigenvalue weighted by atomic mass is 127. The van der Waals surface area contributed by atoms with Crippen molar-refractivity contribution in [3.05, 3.63) is 47.3 Å². The number of fused-ring (bicyclic) bond motifs is 2. The van der Waals surface area contributed by atoms with E-state index in [2.05, 4.69) is 58.0 Å². The van der Waals surface area contributed by atoms with Crippen molar-refractivity contribution in [3.8, 4) is 5.69 Å². The minimum absolute atomic E-state index is 0. The molecule has 3 atom stereocenters. The normalized spacial score (nSPS) is 26.3. The Bertz CT molecular complexity index is 949. The van der Waals surface area contributed by atoms with Gasteiger partial charge in [0.15, 0.2) is 5.96 Å². The van der Waals surface area contributed by atoms with E-state index in [1.165, 1.54) is 37.7 Å². The molecule has 2 aliphatic carbocycles. The van der Waals surface area contributed by atoms with Crippen molar-refractivity contribution in [2.24, 2.45) is 16.3 Å². The van der Waals surface area contributed by atoms with E-state index in [1.54, 1.807) is 0 Å². The largest absolute Gasteiger partial charge is 0.377 e. The second-order valence-electron chi connectivity index (χ2n) is 9.20. The first-order valence-electron chi connectivity index (χ1n) is 11.3. The Morgan fingerprint density at radius 3 is 2.74 bits per heavy atom. The lowest BCUT2D eigenvalue weighted by atomic mass is 9.54. The molecule has 7 heteroatoms. The van der Waals surface area contributed by atoms with E-state index in [0.29, 0.717) is 30.0 Å². The van der Waals surface area contributed by atoms with Gasteiger partial charge in [-0.15, -0.1) is 24.0 Å². The summed E-state index contributed by atoms with van der Waals surface area (Å²) in [6, 6.07) is 11.0. The standard InChI is InChI=1S/C24H33N5O.HI/c1-16-14-17(2)29(28-16)20-9-5-4-8-18(20)15-26-23(25-3)27-21-19-10-13-30-22(19)24(21)11-6-7-12-24;/h4-5,8-9,14,19,21-22H,6-7,10-13,15H2,1-3H3,(H2,25,26,27);1H. The lowest BCUT2D eigenvalue weighted by Crippen LogP contribution is -2.69. The number of para-hydroxylation sites is 1. The third-order valence-electron chi connectivity index (χ3n) is 7.48. The molecular formula is C24H34IN5O. The molecule has 5 rings (SSSR count). The molecule has 0 bridgehead atoms. The van der Waals surface area contributed by atoms with E-state index in [4.69, 9.17) is 4.74 Å². The summed E-state index contributed by atoms with van der Waals surface area (Å²) in [5, 5.41) is 12.0. The number of rotatable bonds is 4. The summed E-state index contributed by atoms with van der Waals surface area (Å²) in [6.07, 6.45) is 6.84. The van der Waals surface area contributed by atoms with Gasteiger partial charge < -0.3 is 15.4 Å². The number of ether oxygens (including phenoxy) is 1. The molecule has 1 aliphatic heterocycles. The summed E-state index contributed by atoms with van der Waals surface area (Å²) >= 11 is 0. The molecule has 3 unspecified atom stereocenters. The number of hydrogen-bond donors (Lipinski definition) is 2. The predicted molar refractivity (Wildman–Crippen MR) is 134 cm³/mol. The van der Waals surface area contributed by atoms with E-state index in [9.17, 15) is 0 Å². The van der Waals surface area contributed by atoms with Crippen molar-refractivity contribution in [1.29, 1.82) is 0 Å². The Morgan fingerprint density at radius 1 is 1.26 bits per heavy atom. The smallest absolute Gasteiger partial charge is 0.191 e. The molecule has 1 aromatic carbocycles. The van der Waals surface area contributed by atoms with Crippen molar-refractivity contribution in [3.63, 3.8) is 0 Å². The van der Waals surface area contributed by atoms with Gasteiger partial charge in [0, 0.05) is 43.3 Å². The van der Waals surface area contributed by atoms with Crippen LogP contribution in [0.1, 0.15) is 49.1 Å². The van der Waals surface area contributed by atoms with Crippen LogP contribution >= 0.6 is 24.0 Å². The summed E-state index contributed by atoms with van der Waals surface area (Å²) in [5.74, 6) is 1.52. The summed E-state index contributed by atoms with van der Waals surface area (Å²) in [6.45, 7) is 5.76. The van der Waals surface area contributed by atoms with Crippen LogP contribution in [-0.4, -0.2) is 41.5 Å². The van der Waals surface area contributed by atoms with Gasteiger partial charge in [-0.05, 0) is 50.8 Å². The minimum atomic E-state index is 0. The summed E-state index contributed by atoms with van der Waals surface area (Å²) in [7, 11) is 1.87. The number of benzene rings is 1. The molecule has 2 N–H and O–H groups in total. The van der Waals surface area contributed by atoms with Crippen LogP contribution in [0.15, 0.2) is 35.3 Å². The Labute approximate surface area is 202 Å². The van der Waals surface area contributed by atoms with Crippen molar-refractivity contribution in [1.82, 2.24) is 20.4 Å². The van der Waals surface area contributed by atoms with Crippen molar-refractivity contribution >= 4 is 29.9 Å². The number of nitrogens with zero attached hydrogens (tertiary/aromatic N) is 3. The number of aromatic nitrogens is 2. The van der Waals surface area contributed by atoms with E-state index in [1.807, 2.05) is 18.7 Å². The number of nitrogens with one attached hydrogen (secondary N) is 2. The molecule has 1 spiro atoms. The van der Waals surface area contributed by atoms with Gasteiger partial charge in [-0.2, -0.15) is 5.10 Å². The van der Waals surface area contributed by atoms with Gasteiger partial charge in [0.1, 0.15) is 0 Å². The summed E-state index contributed by atoms with van der Waals surface area (Å²) in [5.41, 5.74) is 4.82. The highest BCUT2D eigenvalue weighted by molar-refractivity contribution is 14.0. The molecule has 0 radical (unpaired) electrons. The van der Waals surface area contributed by atoms with E-state index in [-0.39, 0.29) is 24.0 Å². The van der Waals surface area contributed by atoms with Crippen LogP contribution in [0.25, 0.3) is 5.69 Å². The van der Waals surface area contributed by atoms with Crippen molar-refractivity contribution in [2.45, 2.75) is 64.6 Å². The van der Waals surface area contributed by atoms with Gasteiger partial charge >= 0.3 is 0 Å². The van der Waals surface area contributed by atoms with Crippen LogP contribution in [0.4, 0.5) is 0 Å². The second kappa shape index (κ2) is 9.10. The molecule has 2 heterocycles. The van der Waals surface area contributed by atoms with Crippen molar-refractivity contribution in [2.75, 3.05) is 13.7 Å². The van der Waals surface area contributed by atoms with Gasteiger partial charge in [-0.3, -0.25) is 4.99 Å². The monoisotopic (exact) mass is 535 g/mol. The van der Waals surface area contributed by atoms with Gasteiger partial charge in [-0.1, -0.05) is 31.0 Å². The Hall–Kier alpha value is -1.61. The topological polar surface area (TPSA) is 63.5 Å². The molecule has 1 saturated heterocycles. The summed E-state index contributed by atoms with van der Waals surface area (Å²) in [4.78, 5) is 4.55. The molecular weight excluding hydrogens is 501 g/mol. The molecule has 6 nitrogen and oxygen atoms in total. The molecule has 2 saturated carbocycles. The minimum Gasteiger partial charge on any atom is -0.377 e. The average molecular weight is 535 g/mol.